The van der Waals surface area contributed by atoms with Gasteiger partial charge in [-0.05, 0) is 51.0 Å². The number of halogens is 3. The van der Waals surface area contributed by atoms with E-state index in [2.05, 4.69) is 4.98 Å². The van der Waals surface area contributed by atoms with E-state index in [0.29, 0.717) is 30.8 Å². The molecular formula is C26H28ClF2N3O2. The van der Waals surface area contributed by atoms with E-state index < -0.39 is 29.4 Å². The Hall–Kier alpha value is -2.64. The lowest BCUT2D eigenvalue weighted by Gasteiger charge is -2.43. The van der Waals surface area contributed by atoms with Crippen LogP contribution in [-0.4, -0.2) is 52.3 Å². The molecule has 0 spiro atoms. The molecule has 3 heterocycles. The number of rotatable bonds is 5. The van der Waals surface area contributed by atoms with Gasteiger partial charge in [-0.25, -0.2) is 8.78 Å². The molecule has 1 fully saturated rings. The predicted octanol–water partition coefficient (Wildman–Crippen LogP) is 5.57. The fraction of sp³-hybridized carbons (Fsp3) is 0.423. The van der Waals surface area contributed by atoms with Crippen LogP contribution in [0, 0.1) is 11.7 Å². The zero-order chi connectivity index (χ0) is 24.4. The summed E-state index contributed by atoms with van der Waals surface area (Å²) in [4.78, 5) is 18.4. The zero-order valence-electron chi connectivity index (χ0n) is 19.4. The molecule has 0 aliphatic carbocycles. The van der Waals surface area contributed by atoms with Gasteiger partial charge >= 0.3 is 5.97 Å². The van der Waals surface area contributed by atoms with Crippen LogP contribution in [0.3, 0.4) is 0 Å². The maximum Gasteiger partial charge on any atom is 0.310 e. The van der Waals surface area contributed by atoms with Gasteiger partial charge in [-0.2, -0.15) is 0 Å². The van der Waals surface area contributed by atoms with Gasteiger partial charge in [0.25, 0.3) is 0 Å². The number of benzene rings is 2. The molecule has 0 bridgehead atoms. The van der Waals surface area contributed by atoms with Crippen molar-refractivity contribution in [1.82, 2.24) is 9.88 Å². The molecule has 2 aromatic carbocycles. The SMILES string of the molecule is C[C@@H]1Cc2c([nH]c3ccccc23)[C@@H](c2c(F)cc(N3CC(C(=O)O)C3)cc2Cl)N1CC(C)(C)F. The highest BCUT2D eigenvalue weighted by molar-refractivity contribution is 6.31. The molecule has 2 aliphatic rings. The van der Waals surface area contributed by atoms with E-state index in [9.17, 15) is 9.18 Å². The number of fused-ring (bicyclic) bond motifs is 3. The fourth-order valence-electron chi connectivity index (χ4n) is 5.36. The number of carboxylic acid groups (broad SMARTS) is 1. The van der Waals surface area contributed by atoms with Gasteiger partial charge in [0.2, 0.25) is 0 Å². The summed E-state index contributed by atoms with van der Waals surface area (Å²) in [5.41, 5.74) is 2.29. The number of alkyl halides is 1. The number of nitrogens with zero attached hydrogens (tertiary/aromatic N) is 2. The van der Waals surface area contributed by atoms with Crippen LogP contribution in [0.15, 0.2) is 36.4 Å². The van der Waals surface area contributed by atoms with E-state index in [-0.39, 0.29) is 17.6 Å². The second kappa shape index (κ2) is 8.24. The molecule has 5 rings (SSSR count). The van der Waals surface area contributed by atoms with Gasteiger partial charge < -0.3 is 15.0 Å². The molecule has 0 radical (unpaired) electrons. The molecule has 1 aromatic heterocycles. The van der Waals surface area contributed by atoms with Crippen molar-refractivity contribution in [3.8, 4) is 0 Å². The van der Waals surface area contributed by atoms with Crippen molar-refractivity contribution in [2.45, 2.75) is 44.9 Å². The molecular weight excluding hydrogens is 460 g/mol. The third kappa shape index (κ3) is 3.95. The molecule has 0 amide bonds. The summed E-state index contributed by atoms with van der Waals surface area (Å²) >= 11 is 6.72. The number of aromatic amines is 1. The van der Waals surface area contributed by atoms with Crippen LogP contribution in [0.4, 0.5) is 14.5 Å². The molecule has 180 valence electrons. The largest absolute Gasteiger partial charge is 0.481 e. The van der Waals surface area contributed by atoms with Crippen LogP contribution < -0.4 is 4.90 Å². The van der Waals surface area contributed by atoms with E-state index >= 15 is 4.39 Å². The number of anilines is 1. The van der Waals surface area contributed by atoms with Gasteiger partial charge in [0.15, 0.2) is 0 Å². The number of H-pyrrole nitrogens is 1. The number of aliphatic carboxylic acids is 1. The summed E-state index contributed by atoms with van der Waals surface area (Å²) in [6.07, 6.45) is 0.716. The Morgan fingerprint density at radius 3 is 2.62 bits per heavy atom. The monoisotopic (exact) mass is 487 g/mol. The smallest absolute Gasteiger partial charge is 0.310 e. The zero-order valence-corrected chi connectivity index (χ0v) is 20.2. The number of nitrogens with one attached hydrogen (secondary N) is 1. The van der Waals surface area contributed by atoms with Gasteiger partial charge in [-0.15, -0.1) is 0 Å². The van der Waals surface area contributed by atoms with E-state index in [1.54, 1.807) is 11.0 Å². The van der Waals surface area contributed by atoms with Crippen molar-refractivity contribution >= 4 is 34.2 Å². The summed E-state index contributed by atoms with van der Waals surface area (Å²) in [5.74, 6) is -1.80. The van der Waals surface area contributed by atoms with Crippen molar-refractivity contribution < 1.29 is 18.7 Å². The third-order valence-electron chi connectivity index (χ3n) is 7.01. The lowest BCUT2D eigenvalue weighted by molar-refractivity contribution is -0.142. The molecule has 1 saturated heterocycles. The van der Waals surface area contributed by atoms with Gasteiger partial charge in [0.1, 0.15) is 11.5 Å². The first-order valence-electron chi connectivity index (χ1n) is 11.5. The van der Waals surface area contributed by atoms with Crippen molar-refractivity contribution in [3.63, 3.8) is 0 Å². The Morgan fingerprint density at radius 1 is 1.26 bits per heavy atom. The lowest BCUT2D eigenvalue weighted by Crippen LogP contribution is -2.50. The topological polar surface area (TPSA) is 59.6 Å². The quantitative estimate of drug-likeness (QED) is 0.494. The normalized spacial score (nSPS) is 21.5. The lowest BCUT2D eigenvalue weighted by atomic mass is 9.87. The number of para-hydroxylation sites is 1. The highest BCUT2D eigenvalue weighted by Crippen LogP contribution is 2.45. The van der Waals surface area contributed by atoms with Crippen LogP contribution in [-0.2, 0) is 11.2 Å². The molecule has 0 unspecified atom stereocenters. The van der Waals surface area contributed by atoms with Gasteiger partial charge in [-0.1, -0.05) is 29.8 Å². The molecule has 0 saturated carbocycles. The summed E-state index contributed by atoms with van der Waals surface area (Å²) < 4.78 is 30.7. The standard InChI is InChI=1S/C26H28ClF2N3O2/c1-14-8-18-17-6-4-5-7-21(17)30-23(18)24(32(14)13-26(2,3)29)22-19(27)9-16(10-20(22)28)31-11-15(12-31)25(33)34/h4-7,9-10,14-15,24,30H,8,11-13H2,1-3H3,(H,33,34)/t14-,24-/m1/s1. The second-order valence-corrected chi connectivity index (χ2v) is 10.6. The molecule has 5 nitrogen and oxygen atoms in total. The maximum atomic E-state index is 15.8. The predicted molar refractivity (Wildman–Crippen MR) is 130 cm³/mol. The second-order valence-electron chi connectivity index (χ2n) is 10.2. The van der Waals surface area contributed by atoms with Crippen LogP contribution in [0.5, 0.6) is 0 Å². The number of hydrogen-bond donors (Lipinski definition) is 2. The third-order valence-corrected chi connectivity index (χ3v) is 7.32. The Balaban J connectivity index is 1.61. The summed E-state index contributed by atoms with van der Waals surface area (Å²) in [6, 6.07) is 10.5. The molecule has 2 aliphatic heterocycles. The van der Waals surface area contributed by atoms with Crippen molar-refractivity contribution in [2.75, 3.05) is 24.5 Å². The minimum atomic E-state index is -1.48. The minimum absolute atomic E-state index is 0.0337. The molecule has 8 heteroatoms. The number of carbonyl (C=O) groups is 1. The van der Waals surface area contributed by atoms with Crippen molar-refractivity contribution in [2.24, 2.45) is 5.92 Å². The van der Waals surface area contributed by atoms with Gasteiger partial charge in [-0.3, -0.25) is 9.69 Å². The molecule has 2 atom stereocenters. The Labute approximate surface area is 202 Å². The van der Waals surface area contributed by atoms with E-state index in [1.807, 2.05) is 36.1 Å². The van der Waals surface area contributed by atoms with Crippen LogP contribution in [0.1, 0.15) is 43.6 Å². The highest BCUT2D eigenvalue weighted by atomic mass is 35.5. The highest BCUT2D eigenvalue weighted by Gasteiger charge is 2.41. The summed E-state index contributed by atoms with van der Waals surface area (Å²) in [5, 5.41) is 10.5. The molecule has 2 N–H and O–H groups in total. The summed E-state index contributed by atoms with van der Waals surface area (Å²) in [7, 11) is 0. The van der Waals surface area contributed by atoms with E-state index in [1.165, 1.54) is 19.9 Å². The first-order valence-corrected chi connectivity index (χ1v) is 11.9. The van der Waals surface area contributed by atoms with E-state index in [4.69, 9.17) is 16.7 Å². The number of carboxylic acids is 1. The Kier molecular flexibility index (Phi) is 5.60. The maximum absolute atomic E-state index is 15.8. The first kappa shape index (κ1) is 23.1. The van der Waals surface area contributed by atoms with Crippen LogP contribution >= 0.6 is 11.6 Å². The van der Waals surface area contributed by atoms with E-state index in [0.717, 1.165) is 22.2 Å². The fourth-order valence-corrected chi connectivity index (χ4v) is 5.66. The average molecular weight is 488 g/mol. The minimum Gasteiger partial charge on any atom is -0.481 e. The molecule has 34 heavy (non-hydrogen) atoms. The van der Waals surface area contributed by atoms with Crippen molar-refractivity contribution in [1.29, 1.82) is 0 Å². The summed E-state index contributed by atoms with van der Waals surface area (Å²) in [6.45, 7) is 5.86. The van der Waals surface area contributed by atoms with Crippen LogP contribution in [0.2, 0.25) is 5.02 Å². The van der Waals surface area contributed by atoms with Crippen LogP contribution in [0.25, 0.3) is 10.9 Å². The van der Waals surface area contributed by atoms with Gasteiger partial charge in [0.05, 0.1) is 17.0 Å². The average Bonchev–Trinajstić information content (AvgIpc) is 3.05. The first-order chi connectivity index (χ1) is 16.0. The van der Waals surface area contributed by atoms with Crippen molar-refractivity contribution in [3.05, 3.63) is 64.1 Å². The Bertz CT molecular complexity index is 1240. The molecule has 3 aromatic rings. The Morgan fingerprint density at radius 2 is 1.97 bits per heavy atom. The van der Waals surface area contributed by atoms with Gasteiger partial charge in [0, 0.05) is 53.5 Å². The number of aromatic nitrogens is 1. The number of hydrogen-bond acceptors (Lipinski definition) is 3.